The fourth-order valence-corrected chi connectivity index (χ4v) is 9.05. The van der Waals surface area contributed by atoms with Crippen LogP contribution in [0.4, 0.5) is 0 Å². The van der Waals surface area contributed by atoms with Gasteiger partial charge >= 0.3 is 0 Å². The second-order valence-electron chi connectivity index (χ2n) is 6.96. The highest BCUT2D eigenvalue weighted by molar-refractivity contribution is 8.00. The average molecular weight is 350 g/mol. The minimum atomic E-state index is -1.69. The van der Waals surface area contributed by atoms with Crippen LogP contribution in [0.5, 0.6) is 0 Å². The highest BCUT2D eigenvalue weighted by atomic mass is 32.2. The van der Waals surface area contributed by atoms with Crippen molar-refractivity contribution in [3.8, 4) is 11.3 Å². The van der Waals surface area contributed by atoms with Crippen LogP contribution in [0.2, 0.25) is 13.1 Å². The van der Waals surface area contributed by atoms with Gasteiger partial charge in [-0.25, -0.2) is 0 Å². The molecular formula is C20H21N2SSi+. The molecular weight excluding hydrogens is 328 g/mol. The summed E-state index contributed by atoms with van der Waals surface area (Å²) in [6.45, 7) is 7.14. The molecule has 1 aliphatic heterocycles. The van der Waals surface area contributed by atoms with Crippen molar-refractivity contribution < 1.29 is 4.57 Å². The maximum absolute atomic E-state index is 4.33. The van der Waals surface area contributed by atoms with Gasteiger partial charge in [-0.3, -0.25) is 4.98 Å². The molecule has 120 valence electrons. The van der Waals surface area contributed by atoms with Gasteiger partial charge in [0.15, 0.2) is 6.20 Å². The van der Waals surface area contributed by atoms with Gasteiger partial charge in [-0.2, -0.15) is 4.57 Å². The summed E-state index contributed by atoms with van der Waals surface area (Å²) < 4.78 is 2.15. The van der Waals surface area contributed by atoms with E-state index in [0.29, 0.717) is 0 Å². The molecule has 2 nitrogen and oxygen atoms in total. The number of benzene rings is 2. The second-order valence-corrected chi connectivity index (χ2v) is 12.4. The van der Waals surface area contributed by atoms with Gasteiger partial charge in [0, 0.05) is 9.79 Å². The molecule has 0 bridgehead atoms. The van der Waals surface area contributed by atoms with E-state index >= 15 is 0 Å². The van der Waals surface area contributed by atoms with Crippen LogP contribution in [0.25, 0.3) is 11.3 Å². The fourth-order valence-electron chi connectivity index (χ4n) is 3.55. The topological polar surface area (TPSA) is 16.8 Å². The zero-order chi connectivity index (χ0) is 16.9. The normalized spacial score (nSPS) is 14.8. The Hall–Kier alpha value is -1.91. The van der Waals surface area contributed by atoms with Gasteiger partial charge in [-0.05, 0) is 41.1 Å². The summed E-state index contributed by atoms with van der Waals surface area (Å²) >= 11 is 1.92. The van der Waals surface area contributed by atoms with E-state index in [9.17, 15) is 0 Å². The van der Waals surface area contributed by atoms with E-state index in [1.807, 2.05) is 30.4 Å². The summed E-state index contributed by atoms with van der Waals surface area (Å²) in [5, 5.41) is 3.09. The quantitative estimate of drug-likeness (QED) is 0.496. The van der Waals surface area contributed by atoms with Crippen LogP contribution in [0, 0.1) is 6.92 Å². The van der Waals surface area contributed by atoms with Crippen LogP contribution < -0.4 is 14.9 Å². The number of aromatic nitrogens is 2. The van der Waals surface area contributed by atoms with Crippen LogP contribution in [-0.4, -0.2) is 13.1 Å². The Labute approximate surface area is 148 Å². The minimum Gasteiger partial charge on any atom is -0.252 e. The molecule has 3 aromatic rings. The van der Waals surface area contributed by atoms with Crippen LogP contribution in [0.3, 0.4) is 0 Å². The Morgan fingerprint density at radius 2 is 1.83 bits per heavy atom. The molecule has 0 atom stereocenters. The lowest BCUT2D eigenvalue weighted by Gasteiger charge is -2.33. The molecule has 2 aromatic carbocycles. The number of hydrogen-bond acceptors (Lipinski definition) is 2. The van der Waals surface area contributed by atoms with Crippen molar-refractivity contribution in [1.82, 2.24) is 4.98 Å². The summed E-state index contributed by atoms with van der Waals surface area (Å²) in [6, 6.07) is 13.7. The summed E-state index contributed by atoms with van der Waals surface area (Å²) in [7, 11) is 0.399. The van der Waals surface area contributed by atoms with Gasteiger partial charge in [0.25, 0.3) is 0 Å². The number of fused-ring (bicyclic) bond motifs is 2. The van der Waals surface area contributed by atoms with Crippen molar-refractivity contribution >= 4 is 30.2 Å². The summed E-state index contributed by atoms with van der Waals surface area (Å²) in [4.78, 5) is 7.19. The maximum Gasteiger partial charge on any atom is 0.231 e. The van der Waals surface area contributed by atoms with E-state index in [1.165, 1.54) is 31.8 Å². The SMILES string of the molecule is Cc1cc2c(cc1-c1cncc[n+]1C)[Si](C)(C)c1ccccc1S2. The number of nitrogens with zero attached hydrogens (tertiary/aromatic N) is 2. The molecule has 0 saturated heterocycles. The number of aryl methyl sites for hydroxylation is 2. The molecule has 0 aliphatic carbocycles. The van der Waals surface area contributed by atoms with Gasteiger partial charge in [0.2, 0.25) is 5.69 Å². The van der Waals surface area contributed by atoms with E-state index in [0.717, 1.165) is 0 Å². The van der Waals surface area contributed by atoms with Gasteiger partial charge in [-0.15, -0.1) is 0 Å². The molecule has 24 heavy (non-hydrogen) atoms. The van der Waals surface area contributed by atoms with Crippen molar-refractivity contribution in [2.45, 2.75) is 29.8 Å². The first-order valence-electron chi connectivity index (χ1n) is 8.21. The number of hydrogen-bond donors (Lipinski definition) is 0. The fraction of sp³-hybridized carbons (Fsp3) is 0.200. The third kappa shape index (κ3) is 2.33. The lowest BCUT2D eigenvalue weighted by atomic mass is 10.1. The zero-order valence-corrected chi connectivity index (χ0v) is 16.3. The van der Waals surface area contributed by atoms with E-state index in [-0.39, 0.29) is 0 Å². The van der Waals surface area contributed by atoms with Crippen LogP contribution in [0.15, 0.2) is 64.8 Å². The molecule has 1 aliphatic rings. The van der Waals surface area contributed by atoms with Gasteiger partial charge in [0.1, 0.15) is 15.1 Å². The Kier molecular flexibility index (Phi) is 3.62. The molecule has 0 unspecified atom stereocenters. The highest BCUT2D eigenvalue weighted by Crippen LogP contribution is 2.35. The average Bonchev–Trinajstić information content (AvgIpc) is 2.55. The lowest BCUT2D eigenvalue weighted by molar-refractivity contribution is -0.660. The van der Waals surface area contributed by atoms with Crippen LogP contribution in [0.1, 0.15) is 5.56 Å². The largest absolute Gasteiger partial charge is 0.252 e. The second kappa shape index (κ2) is 5.57. The third-order valence-electron chi connectivity index (χ3n) is 5.01. The molecule has 0 fully saturated rings. The molecule has 0 spiro atoms. The van der Waals surface area contributed by atoms with Crippen molar-refractivity contribution in [2.24, 2.45) is 7.05 Å². The summed E-state index contributed by atoms with van der Waals surface area (Å²) in [5.74, 6) is 0. The molecule has 1 aromatic heterocycles. The molecule has 0 N–H and O–H groups in total. The van der Waals surface area contributed by atoms with E-state index < -0.39 is 8.07 Å². The molecule has 0 radical (unpaired) electrons. The van der Waals surface area contributed by atoms with Crippen molar-refractivity contribution in [3.63, 3.8) is 0 Å². The lowest BCUT2D eigenvalue weighted by Crippen LogP contribution is -2.56. The Morgan fingerprint density at radius 3 is 2.62 bits per heavy atom. The predicted octanol–water partition coefficient (Wildman–Crippen LogP) is 3.17. The standard InChI is InChI=1S/C20H21N2SSi/c1-14-11-18-20(12-15(14)16-13-21-9-10-22(16)2)24(3,4)19-8-6-5-7-17(19)23-18/h5-13H,1-4H3/q+1. The minimum absolute atomic E-state index is 1.17. The summed E-state index contributed by atoms with van der Waals surface area (Å²) in [5.41, 5.74) is 3.78. The Bertz CT molecular complexity index is 950. The van der Waals surface area contributed by atoms with Gasteiger partial charge < -0.3 is 0 Å². The van der Waals surface area contributed by atoms with E-state index in [2.05, 4.69) is 73.0 Å². The third-order valence-corrected chi connectivity index (χ3v) is 10.0. The van der Waals surface area contributed by atoms with Gasteiger partial charge in [-0.1, -0.05) is 43.1 Å². The van der Waals surface area contributed by atoms with Crippen LogP contribution in [-0.2, 0) is 7.05 Å². The molecule has 2 heterocycles. The van der Waals surface area contributed by atoms with Crippen LogP contribution >= 0.6 is 11.8 Å². The van der Waals surface area contributed by atoms with E-state index in [4.69, 9.17) is 0 Å². The maximum atomic E-state index is 4.33. The predicted molar refractivity (Wildman–Crippen MR) is 103 cm³/mol. The first-order chi connectivity index (χ1) is 11.5. The molecule has 0 amide bonds. The molecule has 0 saturated carbocycles. The smallest absolute Gasteiger partial charge is 0.231 e. The molecule has 4 rings (SSSR count). The monoisotopic (exact) mass is 349 g/mol. The Balaban J connectivity index is 1.95. The Morgan fingerprint density at radius 1 is 1.04 bits per heavy atom. The van der Waals surface area contributed by atoms with Crippen molar-refractivity contribution in [1.29, 1.82) is 0 Å². The van der Waals surface area contributed by atoms with E-state index in [1.54, 1.807) is 5.19 Å². The number of rotatable bonds is 1. The summed E-state index contributed by atoms with van der Waals surface area (Å²) in [6.07, 6.45) is 5.82. The van der Waals surface area contributed by atoms with Crippen molar-refractivity contribution in [3.05, 3.63) is 60.6 Å². The highest BCUT2D eigenvalue weighted by Gasteiger charge is 2.36. The van der Waals surface area contributed by atoms with Crippen molar-refractivity contribution in [2.75, 3.05) is 0 Å². The zero-order valence-electron chi connectivity index (χ0n) is 14.5. The molecule has 4 heteroatoms. The first kappa shape index (κ1) is 15.6. The first-order valence-corrected chi connectivity index (χ1v) is 12.0. The van der Waals surface area contributed by atoms with Gasteiger partial charge in [0.05, 0.1) is 18.0 Å².